The second-order valence-electron chi connectivity index (χ2n) is 6.89. The molecule has 1 heterocycles. The highest BCUT2D eigenvalue weighted by atomic mass is 19.1. The maximum Gasteiger partial charge on any atom is 0.338 e. The maximum absolute atomic E-state index is 13.0. The lowest BCUT2D eigenvalue weighted by Crippen LogP contribution is -2.31. The molecule has 3 rings (SSSR count). The van der Waals surface area contributed by atoms with E-state index in [0.29, 0.717) is 17.9 Å². The van der Waals surface area contributed by atoms with Crippen LogP contribution >= 0.6 is 0 Å². The first-order valence-electron chi connectivity index (χ1n) is 9.57. The van der Waals surface area contributed by atoms with Gasteiger partial charge in [0.25, 0.3) is 5.91 Å². The van der Waals surface area contributed by atoms with E-state index in [9.17, 15) is 14.0 Å². The van der Waals surface area contributed by atoms with Gasteiger partial charge >= 0.3 is 5.97 Å². The van der Waals surface area contributed by atoms with E-state index in [-0.39, 0.29) is 18.0 Å². The largest absolute Gasteiger partial charge is 0.491 e. The average molecular weight is 401 g/mol. The molecule has 29 heavy (non-hydrogen) atoms. The van der Waals surface area contributed by atoms with Gasteiger partial charge in [-0.25, -0.2) is 9.18 Å². The van der Waals surface area contributed by atoms with E-state index >= 15 is 0 Å². The Kier molecular flexibility index (Phi) is 7.19. The van der Waals surface area contributed by atoms with Gasteiger partial charge in [0.1, 0.15) is 18.2 Å². The van der Waals surface area contributed by atoms with Crippen LogP contribution in [-0.2, 0) is 14.3 Å². The third kappa shape index (κ3) is 6.29. The van der Waals surface area contributed by atoms with Crippen molar-refractivity contribution < 1.29 is 28.2 Å². The van der Waals surface area contributed by atoms with Crippen molar-refractivity contribution in [2.24, 2.45) is 0 Å². The molecule has 1 amide bonds. The van der Waals surface area contributed by atoms with E-state index in [0.717, 1.165) is 25.0 Å². The number of hydrogen-bond acceptors (Lipinski definition) is 5. The van der Waals surface area contributed by atoms with Gasteiger partial charge < -0.3 is 19.5 Å². The van der Waals surface area contributed by atoms with Crippen molar-refractivity contribution in [2.45, 2.75) is 31.9 Å². The third-order valence-electron chi connectivity index (χ3n) is 4.63. The molecule has 0 saturated carbocycles. The summed E-state index contributed by atoms with van der Waals surface area (Å²) in [5, 5.41) is 2.70. The number of hydrogen-bond donors (Lipinski definition) is 1. The van der Waals surface area contributed by atoms with Crippen molar-refractivity contribution in [2.75, 3.05) is 19.8 Å². The molecule has 0 unspecified atom stereocenters. The number of ether oxygens (including phenoxy) is 3. The number of carbonyl (C=O) groups excluding carboxylic acids is 2. The number of benzene rings is 2. The Hall–Kier alpha value is -2.93. The molecule has 6 nitrogen and oxygen atoms in total. The Balaban J connectivity index is 1.42. The third-order valence-corrected chi connectivity index (χ3v) is 4.63. The van der Waals surface area contributed by atoms with Crippen molar-refractivity contribution in [1.29, 1.82) is 0 Å². The van der Waals surface area contributed by atoms with Gasteiger partial charge in [-0.3, -0.25) is 4.79 Å². The van der Waals surface area contributed by atoms with Crippen LogP contribution in [0.5, 0.6) is 5.75 Å². The first-order chi connectivity index (χ1) is 14.0. The molecule has 1 aliphatic rings. The number of amides is 1. The fourth-order valence-electron chi connectivity index (χ4n) is 2.98. The number of rotatable bonds is 8. The molecule has 154 valence electrons. The summed E-state index contributed by atoms with van der Waals surface area (Å²) in [7, 11) is 0. The monoisotopic (exact) mass is 401 g/mol. The van der Waals surface area contributed by atoms with E-state index in [1.807, 2.05) is 0 Å². The fourth-order valence-corrected chi connectivity index (χ4v) is 2.98. The molecule has 1 fully saturated rings. The zero-order valence-electron chi connectivity index (χ0n) is 16.2. The maximum atomic E-state index is 13.0. The lowest BCUT2D eigenvalue weighted by molar-refractivity contribution is -0.124. The molecule has 1 aliphatic heterocycles. The Morgan fingerprint density at radius 2 is 1.90 bits per heavy atom. The van der Waals surface area contributed by atoms with Gasteiger partial charge in [-0.15, -0.1) is 0 Å². The summed E-state index contributed by atoms with van der Waals surface area (Å²) in [5.41, 5.74) is 1.08. The Morgan fingerprint density at radius 3 is 2.55 bits per heavy atom. The van der Waals surface area contributed by atoms with Crippen LogP contribution in [0.3, 0.4) is 0 Å². The van der Waals surface area contributed by atoms with Gasteiger partial charge in [0.15, 0.2) is 6.61 Å². The molecule has 1 N–H and O–H groups in total. The van der Waals surface area contributed by atoms with E-state index in [4.69, 9.17) is 14.2 Å². The van der Waals surface area contributed by atoms with E-state index in [1.54, 1.807) is 43.3 Å². The molecular formula is C22H24FNO5. The smallest absolute Gasteiger partial charge is 0.338 e. The lowest BCUT2D eigenvalue weighted by atomic mass is 10.1. The second kappa shape index (κ2) is 10.0. The zero-order chi connectivity index (χ0) is 20.6. The minimum Gasteiger partial charge on any atom is -0.491 e. The number of esters is 1. The van der Waals surface area contributed by atoms with E-state index in [1.165, 1.54) is 12.1 Å². The van der Waals surface area contributed by atoms with Crippen LogP contribution < -0.4 is 10.1 Å². The molecule has 0 radical (unpaired) electrons. The minimum absolute atomic E-state index is 0.121. The molecule has 0 aromatic heterocycles. The van der Waals surface area contributed by atoms with Gasteiger partial charge in [-0.2, -0.15) is 0 Å². The molecule has 1 saturated heterocycles. The van der Waals surface area contributed by atoms with Gasteiger partial charge in [-0.05, 0) is 61.7 Å². The molecule has 0 spiro atoms. The molecule has 2 aromatic carbocycles. The number of carbonyl (C=O) groups is 2. The van der Waals surface area contributed by atoms with Crippen LogP contribution in [0, 0.1) is 5.82 Å². The predicted molar refractivity (Wildman–Crippen MR) is 104 cm³/mol. The van der Waals surface area contributed by atoms with Crippen molar-refractivity contribution in [3.8, 4) is 5.75 Å². The average Bonchev–Trinajstić information content (AvgIpc) is 3.25. The Bertz CT molecular complexity index is 816. The van der Waals surface area contributed by atoms with Crippen LogP contribution in [0.25, 0.3) is 0 Å². The first-order valence-corrected chi connectivity index (χ1v) is 9.57. The van der Waals surface area contributed by atoms with Crippen molar-refractivity contribution in [3.63, 3.8) is 0 Å². The van der Waals surface area contributed by atoms with Crippen molar-refractivity contribution in [1.82, 2.24) is 5.32 Å². The van der Waals surface area contributed by atoms with Crippen LogP contribution in [0.4, 0.5) is 4.39 Å². The molecule has 0 bridgehead atoms. The lowest BCUT2D eigenvalue weighted by Gasteiger charge is -2.14. The highest BCUT2D eigenvalue weighted by molar-refractivity contribution is 5.91. The summed E-state index contributed by atoms with van der Waals surface area (Å²) >= 11 is 0. The summed E-state index contributed by atoms with van der Waals surface area (Å²) < 4.78 is 29.2. The van der Waals surface area contributed by atoms with Gasteiger partial charge in [-0.1, -0.05) is 12.1 Å². The molecule has 0 aliphatic carbocycles. The Labute approximate surface area is 169 Å². The van der Waals surface area contributed by atoms with Gasteiger partial charge in [0.05, 0.1) is 17.7 Å². The molecule has 7 heteroatoms. The normalized spacial score (nSPS) is 16.8. The fraction of sp³-hybridized carbons (Fsp3) is 0.364. The van der Waals surface area contributed by atoms with Crippen LogP contribution in [0.15, 0.2) is 48.5 Å². The summed E-state index contributed by atoms with van der Waals surface area (Å²) in [4.78, 5) is 24.1. The summed E-state index contributed by atoms with van der Waals surface area (Å²) in [6.45, 7) is 2.62. The van der Waals surface area contributed by atoms with Gasteiger partial charge in [0, 0.05) is 6.61 Å². The minimum atomic E-state index is -0.597. The van der Waals surface area contributed by atoms with Crippen molar-refractivity contribution in [3.05, 3.63) is 65.5 Å². The Morgan fingerprint density at radius 1 is 1.17 bits per heavy atom. The van der Waals surface area contributed by atoms with E-state index in [2.05, 4.69) is 5.32 Å². The summed E-state index contributed by atoms with van der Waals surface area (Å²) in [5.74, 6) is -0.737. The van der Waals surface area contributed by atoms with Crippen LogP contribution in [0.1, 0.15) is 41.7 Å². The van der Waals surface area contributed by atoms with Crippen LogP contribution in [0.2, 0.25) is 0 Å². The zero-order valence-corrected chi connectivity index (χ0v) is 16.2. The summed E-state index contributed by atoms with van der Waals surface area (Å²) in [6, 6.07) is 12.0. The SMILES string of the molecule is C[C@@H](NC(=O)COC(=O)c1ccc(OC[C@H]2CCCO2)cc1)c1ccc(F)cc1. The standard InChI is InChI=1S/C22H24FNO5/c1-15(16-4-8-18(23)9-5-16)24-21(25)14-29-22(26)17-6-10-19(11-7-17)28-13-20-3-2-12-27-20/h4-11,15,20H,2-3,12-14H2,1H3,(H,24,25)/t15-,20-/m1/s1. The van der Waals surface area contributed by atoms with E-state index < -0.39 is 18.5 Å². The predicted octanol–water partition coefficient (Wildman–Crippen LogP) is 3.42. The highest BCUT2D eigenvalue weighted by Gasteiger charge is 2.16. The van der Waals surface area contributed by atoms with Crippen molar-refractivity contribution >= 4 is 11.9 Å². The topological polar surface area (TPSA) is 73.9 Å². The number of nitrogens with one attached hydrogen (secondary N) is 1. The molecule has 2 aromatic rings. The molecule has 2 atom stereocenters. The summed E-state index contributed by atoms with van der Waals surface area (Å²) in [6.07, 6.45) is 2.16. The number of halogens is 1. The highest BCUT2D eigenvalue weighted by Crippen LogP contribution is 2.17. The van der Waals surface area contributed by atoms with Crippen LogP contribution in [-0.4, -0.2) is 37.8 Å². The second-order valence-corrected chi connectivity index (χ2v) is 6.89. The quantitative estimate of drug-likeness (QED) is 0.686. The van der Waals surface area contributed by atoms with Gasteiger partial charge in [0.2, 0.25) is 0 Å². The first kappa shape index (κ1) is 20.8. The molecular weight excluding hydrogens is 377 g/mol.